The third-order valence-corrected chi connectivity index (χ3v) is 7.01. The van der Waals surface area contributed by atoms with Gasteiger partial charge in [0.1, 0.15) is 6.04 Å². The van der Waals surface area contributed by atoms with Gasteiger partial charge in [0.15, 0.2) is 0 Å². The van der Waals surface area contributed by atoms with Gasteiger partial charge in [-0.25, -0.2) is 0 Å². The molecule has 2 amide bonds. The molecular weight excluding hydrogens is 436 g/mol. The van der Waals surface area contributed by atoms with E-state index in [-0.39, 0.29) is 35.9 Å². The Balaban J connectivity index is 1.58. The summed E-state index contributed by atoms with van der Waals surface area (Å²) in [5, 5.41) is 13.0. The highest BCUT2D eigenvalue weighted by atomic mass is 35.5. The first kappa shape index (κ1) is 23.3. The molecule has 1 N–H and O–H groups in total. The number of hydrogen-bond acceptors (Lipinski definition) is 4. The molecule has 2 aliphatic heterocycles. The molecule has 2 aromatic carbocycles. The molecule has 0 bridgehead atoms. The zero-order chi connectivity index (χ0) is 23.8. The molecule has 7 heteroatoms. The zero-order valence-electron chi connectivity index (χ0n) is 19.3. The third-order valence-electron chi connectivity index (χ3n) is 6.78. The summed E-state index contributed by atoms with van der Waals surface area (Å²) in [4.78, 5) is 29.8. The molecule has 6 nitrogen and oxygen atoms in total. The lowest BCUT2D eigenvalue weighted by Crippen LogP contribution is -2.47. The zero-order valence-corrected chi connectivity index (χ0v) is 20.0. The number of halogens is 1. The van der Waals surface area contributed by atoms with Crippen molar-refractivity contribution in [3.05, 3.63) is 64.2 Å². The molecule has 4 rings (SSSR count). The molecule has 1 fully saturated rings. The second-order valence-electron chi connectivity index (χ2n) is 9.40. The highest BCUT2D eigenvalue weighted by Crippen LogP contribution is 2.43. The number of anilines is 1. The van der Waals surface area contributed by atoms with Crippen LogP contribution in [0.3, 0.4) is 0 Å². The van der Waals surface area contributed by atoms with Crippen LogP contribution in [0.4, 0.5) is 5.69 Å². The van der Waals surface area contributed by atoms with E-state index in [0.29, 0.717) is 23.7 Å². The molecule has 0 aliphatic carbocycles. The molecule has 0 spiro atoms. The van der Waals surface area contributed by atoms with E-state index in [2.05, 4.69) is 31.3 Å². The Kier molecular flexibility index (Phi) is 6.47. The molecular formula is C26H29ClN4O2. The Hall–Kier alpha value is -2.88. The second-order valence-corrected chi connectivity index (χ2v) is 9.84. The third kappa shape index (κ3) is 4.36. The molecule has 172 valence electrons. The normalized spacial score (nSPS) is 20.0. The highest BCUT2D eigenvalue weighted by molar-refractivity contribution is 6.31. The number of carbonyl (C=O) groups is 2. The standard InChI is InChI=1S/C26H29ClN4O2/c1-17(29-15-24(32)30-12-6-7-19(30)14-28)16-31-23-9-5-4-8-22(23)26(2,3)21-11-10-18(27)13-20(21)25(31)33/h4-5,8-11,13,17,19,29H,6-7,12,15-16H2,1-3H3/t17-,19-/m0/s1. The summed E-state index contributed by atoms with van der Waals surface area (Å²) in [6.45, 7) is 7.36. The largest absolute Gasteiger partial charge is 0.326 e. The van der Waals surface area contributed by atoms with Crippen molar-refractivity contribution in [2.75, 3.05) is 24.5 Å². The molecule has 1 saturated heterocycles. The van der Waals surface area contributed by atoms with Crippen molar-refractivity contribution in [3.63, 3.8) is 0 Å². The predicted molar refractivity (Wildman–Crippen MR) is 130 cm³/mol. The minimum atomic E-state index is -0.379. The summed E-state index contributed by atoms with van der Waals surface area (Å²) in [7, 11) is 0. The minimum Gasteiger partial charge on any atom is -0.326 e. The van der Waals surface area contributed by atoms with E-state index in [1.807, 2.05) is 37.3 Å². The van der Waals surface area contributed by atoms with Gasteiger partial charge < -0.3 is 15.1 Å². The quantitative estimate of drug-likeness (QED) is 0.722. The van der Waals surface area contributed by atoms with Gasteiger partial charge in [0.2, 0.25) is 5.91 Å². The van der Waals surface area contributed by atoms with Crippen LogP contribution in [0.2, 0.25) is 5.02 Å². The van der Waals surface area contributed by atoms with Crippen LogP contribution in [-0.4, -0.2) is 48.4 Å². The van der Waals surface area contributed by atoms with E-state index < -0.39 is 0 Å². The van der Waals surface area contributed by atoms with Gasteiger partial charge in [-0.3, -0.25) is 9.59 Å². The summed E-state index contributed by atoms with van der Waals surface area (Å²) in [5.74, 6) is -0.179. The summed E-state index contributed by atoms with van der Waals surface area (Å²) in [6.07, 6.45) is 1.59. The topological polar surface area (TPSA) is 76.4 Å². The van der Waals surface area contributed by atoms with Crippen molar-refractivity contribution in [2.24, 2.45) is 0 Å². The van der Waals surface area contributed by atoms with Crippen molar-refractivity contribution < 1.29 is 9.59 Å². The Morgan fingerprint density at radius 2 is 2.03 bits per heavy atom. The van der Waals surface area contributed by atoms with Crippen LogP contribution in [0, 0.1) is 11.3 Å². The van der Waals surface area contributed by atoms with Crippen LogP contribution in [0.25, 0.3) is 0 Å². The second kappa shape index (κ2) is 9.17. The first-order valence-electron chi connectivity index (χ1n) is 11.4. The Morgan fingerprint density at radius 3 is 2.79 bits per heavy atom. The van der Waals surface area contributed by atoms with Crippen molar-refractivity contribution >= 4 is 29.1 Å². The smallest absolute Gasteiger partial charge is 0.258 e. The van der Waals surface area contributed by atoms with Gasteiger partial charge in [-0.05, 0) is 49.1 Å². The number of amides is 2. The van der Waals surface area contributed by atoms with Crippen LogP contribution in [0.1, 0.15) is 55.1 Å². The predicted octanol–water partition coefficient (Wildman–Crippen LogP) is 4.12. The molecule has 2 atom stereocenters. The van der Waals surface area contributed by atoms with Gasteiger partial charge in [-0.1, -0.05) is 49.7 Å². The monoisotopic (exact) mass is 464 g/mol. The fraction of sp³-hybridized carbons (Fsp3) is 0.423. The molecule has 0 aromatic heterocycles. The average Bonchev–Trinajstić information content (AvgIpc) is 3.27. The van der Waals surface area contributed by atoms with Gasteiger partial charge in [-0.2, -0.15) is 5.26 Å². The lowest BCUT2D eigenvalue weighted by atomic mass is 9.76. The summed E-state index contributed by atoms with van der Waals surface area (Å²) in [6, 6.07) is 15.2. The Labute approximate surface area is 200 Å². The van der Waals surface area contributed by atoms with Crippen LogP contribution in [-0.2, 0) is 10.2 Å². The van der Waals surface area contributed by atoms with Crippen molar-refractivity contribution in [1.29, 1.82) is 5.26 Å². The van der Waals surface area contributed by atoms with Crippen LogP contribution >= 0.6 is 11.6 Å². The minimum absolute atomic E-state index is 0.0771. The lowest BCUT2D eigenvalue weighted by Gasteiger charge is -2.30. The SMILES string of the molecule is C[C@@H](CN1C(=O)c2cc(Cl)ccc2C(C)(C)c2ccccc21)NCC(=O)N1CCC[C@H]1C#N. The van der Waals surface area contributed by atoms with E-state index in [4.69, 9.17) is 11.6 Å². The molecule has 2 aromatic rings. The van der Waals surface area contributed by atoms with Gasteiger partial charge in [0.05, 0.1) is 12.6 Å². The fourth-order valence-electron chi connectivity index (χ4n) is 4.96. The number of nitrogens with one attached hydrogen (secondary N) is 1. The van der Waals surface area contributed by atoms with Crippen molar-refractivity contribution in [3.8, 4) is 6.07 Å². The van der Waals surface area contributed by atoms with Crippen LogP contribution < -0.4 is 10.2 Å². The fourth-order valence-corrected chi connectivity index (χ4v) is 5.13. The van der Waals surface area contributed by atoms with E-state index in [1.165, 1.54) is 0 Å². The number of carbonyl (C=O) groups excluding carboxylic acids is 2. The number of rotatable bonds is 5. The number of likely N-dealkylation sites (tertiary alicyclic amines) is 1. The number of nitrogens with zero attached hydrogens (tertiary/aromatic N) is 3. The number of benzene rings is 2. The Morgan fingerprint density at radius 1 is 1.27 bits per heavy atom. The first-order chi connectivity index (χ1) is 15.7. The maximum Gasteiger partial charge on any atom is 0.258 e. The molecule has 0 saturated carbocycles. The number of para-hydroxylation sites is 1. The number of nitriles is 1. The summed E-state index contributed by atoms with van der Waals surface area (Å²) < 4.78 is 0. The molecule has 0 radical (unpaired) electrons. The summed E-state index contributed by atoms with van der Waals surface area (Å²) in [5.41, 5.74) is 3.09. The lowest BCUT2D eigenvalue weighted by molar-refractivity contribution is -0.130. The van der Waals surface area contributed by atoms with Gasteiger partial charge in [0, 0.05) is 40.8 Å². The Bertz CT molecular complexity index is 1120. The summed E-state index contributed by atoms with van der Waals surface area (Å²) >= 11 is 6.28. The molecule has 0 unspecified atom stereocenters. The molecule has 2 heterocycles. The number of fused-ring (bicyclic) bond motifs is 2. The van der Waals surface area contributed by atoms with E-state index in [1.54, 1.807) is 15.9 Å². The van der Waals surface area contributed by atoms with Gasteiger partial charge in [-0.15, -0.1) is 0 Å². The molecule has 33 heavy (non-hydrogen) atoms. The van der Waals surface area contributed by atoms with Crippen LogP contribution in [0.15, 0.2) is 42.5 Å². The maximum atomic E-state index is 13.7. The average molecular weight is 465 g/mol. The van der Waals surface area contributed by atoms with E-state index in [0.717, 1.165) is 29.7 Å². The van der Waals surface area contributed by atoms with E-state index >= 15 is 0 Å². The van der Waals surface area contributed by atoms with Crippen molar-refractivity contribution in [2.45, 2.75) is 51.1 Å². The van der Waals surface area contributed by atoms with E-state index in [9.17, 15) is 14.9 Å². The maximum absolute atomic E-state index is 13.7. The van der Waals surface area contributed by atoms with Gasteiger partial charge >= 0.3 is 0 Å². The number of hydrogen-bond donors (Lipinski definition) is 1. The van der Waals surface area contributed by atoms with Gasteiger partial charge in [0.25, 0.3) is 5.91 Å². The van der Waals surface area contributed by atoms with Crippen molar-refractivity contribution in [1.82, 2.24) is 10.2 Å². The van der Waals surface area contributed by atoms with Crippen LogP contribution in [0.5, 0.6) is 0 Å². The first-order valence-corrected chi connectivity index (χ1v) is 11.8. The molecule has 2 aliphatic rings. The highest BCUT2D eigenvalue weighted by Gasteiger charge is 2.37.